The van der Waals surface area contributed by atoms with Gasteiger partial charge in [0.1, 0.15) is 18.1 Å². The van der Waals surface area contributed by atoms with E-state index >= 15 is 0 Å². The standard InChI is InChI=1S/C13H14N4O2/c14-10-2-1-3-11(8-10)19-7-6-17-13(18)12-9-15-4-5-16-12/h1-5,8-9H,6-7,14H2,(H,17,18). The molecule has 1 amide bonds. The number of carbonyl (C=O) groups excluding carboxylic acids is 1. The van der Waals surface area contributed by atoms with Gasteiger partial charge in [0.2, 0.25) is 0 Å². The van der Waals surface area contributed by atoms with Crippen LogP contribution in [-0.2, 0) is 0 Å². The van der Waals surface area contributed by atoms with Crippen molar-refractivity contribution in [2.45, 2.75) is 0 Å². The lowest BCUT2D eigenvalue weighted by Gasteiger charge is -2.07. The Hall–Kier alpha value is -2.63. The van der Waals surface area contributed by atoms with Crippen molar-refractivity contribution in [3.8, 4) is 5.75 Å². The van der Waals surface area contributed by atoms with Gasteiger partial charge in [-0.1, -0.05) is 6.07 Å². The Morgan fingerprint density at radius 3 is 3.00 bits per heavy atom. The molecule has 0 bridgehead atoms. The average Bonchev–Trinajstić information content (AvgIpc) is 2.44. The molecular weight excluding hydrogens is 244 g/mol. The lowest BCUT2D eigenvalue weighted by Crippen LogP contribution is -2.28. The van der Waals surface area contributed by atoms with Crippen LogP contribution in [0.1, 0.15) is 10.5 Å². The second-order valence-corrected chi connectivity index (χ2v) is 3.77. The molecule has 2 rings (SSSR count). The lowest BCUT2D eigenvalue weighted by molar-refractivity contribution is 0.0941. The second-order valence-electron chi connectivity index (χ2n) is 3.77. The SMILES string of the molecule is Nc1cccc(OCCNC(=O)c2cnccn2)c1. The molecule has 6 nitrogen and oxygen atoms in total. The van der Waals surface area contributed by atoms with Crippen molar-refractivity contribution >= 4 is 11.6 Å². The summed E-state index contributed by atoms with van der Waals surface area (Å²) in [6.45, 7) is 0.736. The number of nitrogen functional groups attached to an aromatic ring is 1. The van der Waals surface area contributed by atoms with Crippen molar-refractivity contribution in [1.29, 1.82) is 0 Å². The minimum atomic E-state index is -0.274. The van der Waals surface area contributed by atoms with Crippen molar-refractivity contribution in [2.75, 3.05) is 18.9 Å². The van der Waals surface area contributed by atoms with Crippen LogP contribution in [0.3, 0.4) is 0 Å². The zero-order chi connectivity index (χ0) is 13.5. The molecule has 2 aromatic rings. The van der Waals surface area contributed by atoms with Crippen LogP contribution in [-0.4, -0.2) is 29.0 Å². The smallest absolute Gasteiger partial charge is 0.271 e. The van der Waals surface area contributed by atoms with Gasteiger partial charge in [0.05, 0.1) is 12.7 Å². The molecular formula is C13H14N4O2. The molecule has 98 valence electrons. The molecule has 1 aromatic carbocycles. The van der Waals surface area contributed by atoms with E-state index in [1.807, 2.05) is 6.07 Å². The van der Waals surface area contributed by atoms with E-state index < -0.39 is 0 Å². The van der Waals surface area contributed by atoms with Gasteiger partial charge in [0, 0.05) is 24.1 Å². The maximum Gasteiger partial charge on any atom is 0.271 e. The summed E-state index contributed by atoms with van der Waals surface area (Å²) in [4.78, 5) is 19.3. The first kappa shape index (κ1) is 12.8. The van der Waals surface area contributed by atoms with Crippen molar-refractivity contribution in [3.63, 3.8) is 0 Å². The number of carbonyl (C=O) groups is 1. The van der Waals surface area contributed by atoms with Gasteiger partial charge < -0.3 is 15.8 Å². The third-order valence-corrected chi connectivity index (χ3v) is 2.31. The molecule has 0 fully saturated rings. The molecule has 0 radical (unpaired) electrons. The van der Waals surface area contributed by atoms with E-state index in [1.165, 1.54) is 18.6 Å². The Morgan fingerprint density at radius 2 is 2.26 bits per heavy atom. The van der Waals surface area contributed by atoms with E-state index in [9.17, 15) is 4.79 Å². The highest BCUT2D eigenvalue weighted by Crippen LogP contribution is 2.13. The number of hydrogen-bond donors (Lipinski definition) is 2. The number of nitrogens with one attached hydrogen (secondary N) is 1. The Balaban J connectivity index is 1.74. The molecule has 0 atom stereocenters. The van der Waals surface area contributed by atoms with Crippen LogP contribution >= 0.6 is 0 Å². The largest absolute Gasteiger partial charge is 0.492 e. The number of ether oxygens (including phenoxy) is 1. The van der Waals surface area contributed by atoms with Gasteiger partial charge in [0.15, 0.2) is 0 Å². The maximum absolute atomic E-state index is 11.6. The predicted octanol–water partition coefficient (Wildman–Crippen LogP) is 0.868. The molecule has 6 heteroatoms. The predicted molar refractivity (Wildman–Crippen MR) is 70.7 cm³/mol. The van der Waals surface area contributed by atoms with Crippen LogP contribution in [0.15, 0.2) is 42.9 Å². The number of benzene rings is 1. The highest BCUT2D eigenvalue weighted by Gasteiger charge is 2.05. The van der Waals surface area contributed by atoms with Crippen LogP contribution in [0.4, 0.5) is 5.69 Å². The van der Waals surface area contributed by atoms with Gasteiger partial charge in [-0.15, -0.1) is 0 Å². The number of anilines is 1. The van der Waals surface area contributed by atoms with E-state index in [1.54, 1.807) is 18.2 Å². The summed E-state index contributed by atoms with van der Waals surface area (Å²) >= 11 is 0. The van der Waals surface area contributed by atoms with Crippen LogP contribution in [0.25, 0.3) is 0 Å². The molecule has 19 heavy (non-hydrogen) atoms. The summed E-state index contributed by atoms with van der Waals surface area (Å²) in [6.07, 6.45) is 4.39. The number of aromatic nitrogens is 2. The van der Waals surface area contributed by atoms with Gasteiger partial charge in [-0.05, 0) is 12.1 Å². The first-order valence-electron chi connectivity index (χ1n) is 5.78. The topological polar surface area (TPSA) is 90.1 Å². The number of nitrogens with two attached hydrogens (primary N) is 1. The van der Waals surface area contributed by atoms with Crippen molar-refractivity contribution < 1.29 is 9.53 Å². The molecule has 1 heterocycles. The molecule has 0 saturated carbocycles. The fourth-order valence-electron chi connectivity index (χ4n) is 1.44. The Kier molecular flexibility index (Phi) is 4.28. The summed E-state index contributed by atoms with van der Waals surface area (Å²) in [5.41, 5.74) is 6.55. The fraction of sp³-hybridized carbons (Fsp3) is 0.154. The van der Waals surface area contributed by atoms with Crippen molar-refractivity contribution in [2.24, 2.45) is 0 Å². The van der Waals surface area contributed by atoms with Crippen LogP contribution in [0.5, 0.6) is 5.75 Å². The second kappa shape index (κ2) is 6.34. The Labute approximate surface area is 110 Å². The third-order valence-electron chi connectivity index (χ3n) is 2.31. The Bertz CT molecular complexity index is 545. The molecule has 1 aromatic heterocycles. The lowest BCUT2D eigenvalue weighted by atomic mass is 10.3. The monoisotopic (exact) mass is 258 g/mol. The minimum Gasteiger partial charge on any atom is -0.492 e. The highest BCUT2D eigenvalue weighted by atomic mass is 16.5. The number of nitrogens with zero attached hydrogens (tertiary/aromatic N) is 2. The van der Waals surface area contributed by atoms with E-state index in [4.69, 9.17) is 10.5 Å². The van der Waals surface area contributed by atoms with E-state index in [-0.39, 0.29) is 11.6 Å². The summed E-state index contributed by atoms with van der Waals surface area (Å²) < 4.78 is 5.44. The highest BCUT2D eigenvalue weighted by molar-refractivity contribution is 5.91. The fourth-order valence-corrected chi connectivity index (χ4v) is 1.44. The molecule has 0 unspecified atom stereocenters. The van der Waals surface area contributed by atoms with Crippen LogP contribution in [0.2, 0.25) is 0 Å². The summed E-state index contributed by atoms with van der Waals surface area (Å²) in [7, 11) is 0. The average molecular weight is 258 g/mol. The summed E-state index contributed by atoms with van der Waals surface area (Å²) in [5, 5.41) is 2.69. The molecule has 0 aliphatic rings. The van der Waals surface area contributed by atoms with Crippen molar-refractivity contribution in [3.05, 3.63) is 48.5 Å². The molecule has 0 saturated heterocycles. The maximum atomic E-state index is 11.6. The zero-order valence-corrected chi connectivity index (χ0v) is 10.2. The number of rotatable bonds is 5. The minimum absolute atomic E-state index is 0.274. The van der Waals surface area contributed by atoms with Gasteiger partial charge in [-0.25, -0.2) is 4.98 Å². The van der Waals surface area contributed by atoms with E-state index in [0.717, 1.165) is 0 Å². The molecule has 3 N–H and O–H groups in total. The van der Waals surface area contributed by atoms with E-state index in [2.05, 4.69) is 15.3 Å². The quantitative estimate of drug-likeness (QED) is 0.613. The van der Waals surface area contributed by atoms with Crippen LogP contribution in [0, 0.1) is 0 Å². The van der Waals surface area contributed by atoms with Gasteiger partial charge in [-0.2, -0.15) is 0 Å². The van der Waals surface area contributed by atoms with Crippen molar-refractivity contribution in [1.82, 2.24) is 15.3 Å². The molecule has 0 spiro atoms. The molecule has 0 aliphatic carbocycles. The Morgan fingerprint density at radius 1 is 1.37 bits per heavy atom. The first-order chi connectivity index (χ1) is 9.25. The van der Waals surface area contributed by atoms with Gasteiger partial charge in [-0.3, -0.25) is 9.78 Å². The van der Waals surface area contributed by atoms with E-state index in [0.29, 0.717) is 24.6 Å². The summed E-state index contributed by atoms with van der Waals surface area (Å²) in [5.74, 6) is 0.401. The normalized spacial score (nSPS) is 9.89. The molecule has 0 aliphatic heterocycles. The van der Waals surface area contributed by atoms with Gasteiger partial charge >= 0.3 is 0 Å². The third kappa shape index (κ3) is 3.95. The van der Waals surface area contributed by atoms with Gasteiger partial charge in [0.25, 0.3) is 5.91 Å². The first-order valence-corrected chi connectivity index (χ1v) is 5.78. The van der Waals surface area contributed by atoms with Crippen LogP contribution < -0.4 is 15.8 Å². The zero-order valence-electron chi connectivity index (χ0n) is 10.2. The number of amides is 1. The summed E-state index contributed by atoms with van der Waals surface area (Å²) in [6, 6.07) is 7.12. The number of hydrogen-bond acceptors (Lipinski definition) is 5.